The third kappa shape index (κ3) is 4.07. The molecule has 1 saturated heterocycles. The Morgan fingerprint density at radius 3 is 3.08 bits per heavy atom. The van der Waals surface area contributed by atoms with E-state index in [1.54, 1.807) is 7.11 Å². The van der Waals surface area contributed by atoms with Crippen LogP contribution in [-0.4, -0.2) is 50.0 Å². The summed E-state index contributed by atoms with van der Waals surface area (Å²) in [6.45, 7) is 4.58. The van der Waals surface area contributed by atoms with Gasteiger partial charge in [0.25, 0.3) is 0 Å². The molecule has 1 aliphatic rings. The van der Waals surface area contributed by atoms with Crippen LogP contribution in [0.25, 0.3) is 0 Å². The predicted molar refractivity (Wildman–Crippen MR) is 52.7 cm³/mol. The van der Waals surface area contributed by atoms with Gasteiger partial charge in [-0.15, -0.1) is 0 Å². The average molecular weight is 187 g/mol. The molecule has 1 rings (SSSR count). The summed E-state index contributed by atoms with van der Waals surface area (Å²) in [5.41, 5.74) is 0. The van der Waals surface area contributed by atoms with Crippen LogP contribution in [0.5, 0.6) is 0 Å². The number of hydrogen-bond donors (Lipinski definition) is 1. The highest BCUT2D eigenvalue weighted by molar-refractivity contribution is 4.71. The first-order valence-corrected chi connectivity index (χ1v) is 5.19. The van der Waals surface area contributed by atoms with Crippen LogP contribution >= 0.6 is 0 Å². The summed E-state index contributed by atoms with van der Waals surface area (Å²) >= 11 is 0. The fourth-order valence-electron chi connectivity index (χ4n) is 1.94. The Bertz CT molecular complexity index is 130. The number of rotatable bonds is 5. The number of methoxy groups -OCH3 is 1. The molecule has 0 unspecified atom stereocenters. The van der Waals surface area contributed by atoms with Crippen molar-refractivity contribution >= 4 is 0 Å². The summed E-state index contributed by atoms with van der Waals surface area (Å²) in [4.78, 5) is 2.43. The van der Waals surface area contributed by atoms with Crippen molar-refractivity contribution in [1.29, 1.82) is 0 Å². The van der Waals surface area contributed by atoms with E-state index in [-0.39, 0.29) is 0 Å². The van der Waals surface area contributed by atoms with Gasteiger partial charge in [-0.05, 0) is 31.7 Å². The second kappa shape index (κ2) is 6.35. The van der Waals surface area contributed by atoms with Crippen LogP contribution in [0.2, 0.25) is 0 Å². The van der Waals surface area contributed by atoms with Gasteiger partial charge in [0, 0.05) is 33.4 Å². The van der Waals surface area contributed by atoms with Gasteiger partial charge in [-0.25, -0.2) is 0 Å². The summed E-state index contributed by atoms with van der Waals surface area (Å²) < 4.78 is 5.01. The molecule has 1 atom stereocenters. The minimum atomic E-state index is 0.348. The highest BCUT2D eigenvalue weighted by atomic mass is 16.5. The maximum absolute atomic E-state index is 9.03. The molecule has 78 valence electrons. The Morgan fingerprint density at radius 1 is 1.54 bits per heavy atom. The fraction of sp³-hybridized carbons (Fsp3) is 1.00. The van der Waals surface area contributed by atoms with Gasteiger partial charge in [0.1, 0.15) is 0 Å². The standard InChI is InChI=1S/C10H21NO2/c1-13-7-3-6-11-5-2-4-10(8-11)9-12/h10,12H,2-9H2,1H3/t10-/m1/s1. The Hall–Kier alpha value is -0.120. The largest absolute Gasteiger partial charge is 0.396 e. The van der Waals surface area contributed by atoms with Gasteiger partial charge in [-0.3, -0.25) is 0 Å². The van der Waals surface area contributed by atoms with Gasteiger partial charge in [-0.1, -0.05) is 0 Å². The summed E-state index contributed by atoms with van der Waals surface area (Å²) in [7, 11) is 1.74. The van der Waals surface area contributed by atoms with Crippen molar-refractivity contribution in [3.63, 3.8) is 0 Å². The molecule has 0 aromatic rings. The van der Waals surface area contributed by atoms with E-state index in [1.165, 1.54) is 19.4 Å². The molecule has 0 aromatic heterocycles. The topological polar surface area (TPSA) is 32.7 Å². The van der Waals surface area contributed by atoms with Gasteiger partial charge in [0.15, 0.2) is 0 Å². The first kappa shape index (κ1) is 11.0. The molecule has 1 heterocycles. The zero-order chi connectivity index (χ0) is 9.52. The van der Waals surface area contributed by atoms with Crippen LogP contribution in [0.4, 0.5) is 0 Å². The monoisotopic (exact) mass is 187 g/mol. The lowest BCUT2D eigenvalue weighted by Gasteiger charge is -2.31. The molecular formula is C10H21NO2. The van der Waals surface area contributed by atoms with Gasteiger partial charge in [0.05, 0.1) is 0 Å². The summed E-state index contributed by atoms with van der Waals surface area (Å²) in [5.74, 6) is 0.510. The van der Waals surface area contributed by atoms with E-state index >= 15 is 0 Å². The van der Waals surface area contributed by atoms with Gasteiger partial charge >= 0.3 is 0 Å². The second-order valence-electron chi connectivity index (χ2n) is 3.84. The molecule has 0 bridgehead atoms. The molecule has 0 saturated carbocycles. The van der Waals surface area contributed by atoms with E-state index in [0.717, 1.165) is 26.1 Å². The van der Waals surface area contributed by atoms with Crippen LogP contribution < -0.4 is 0 Å². The highest BCUT2D eigenvalue weighted by Crippen LogP contribution is 2.15. The van der Waals surface area contributed by atoms with Crippen LogP contribution in [0, 0.1) is 5.92 Å². The number of hydrogen-bond acceptors (Lipinski definition) is 3. The predicted octanol–water partition coefficient (Wildman–Crippen LogP) is 0.727. The van der Waals surface area contributed by atoms with Gasteiger partial charge in [0.2, 0.25) is 0 Å². The molecule has 13 heavy (non-hydrogen) atoms. The van der Waals surface area contributed by atoms with Gasteiger partial charge < -0.3 is 14.7 Å². The van der Waals surface area contributed by atoms with Crippen LogP contribution in [0.1, 0.15) is 19.3 Å². The first-order valence-electron chi connectivity index (χ1n) is 5.19. The zero-order valence-electron chi connectivity index (χ0n) is 8.54. The van der Waals surface area contributed by atoms with E-state index in [1.807, 2.05) is 0 Å². The number of aliphatic hydroxyl groups excluding tert-OH is 1. The molecular weight excluding hydrogens is 166 g/mol. The normalized spacial score (nSPS) is 24.9. The van der Waals surface area contributed by atoms with Crippen molar-refractivity contribution in [2.75, 3.05) is 40.0 Å². The Labute approximate surface area is 80.7 Å². The molecule has 1 N–H and O–H groups in total. The van der Waals surface area contributed by atoms with E-state index in [4.69, 9.17) is 9.84 Å². The number of likely N-dealkylation sites (tertiary alicyclic amines) is 1. The van der Waals surface area contributed by atoms with Crippen molar-refractivity contribution in [3.8, 4) is 0 Å². The maximum atomic E-state index is 9.03. The average Bonchev–Trinajstić information content (AvgIpc) is 2.19. The minimum absolute atomic E-state index is 0.348. The molecule has 0 aromatic carbocycles. The van der Waals surface area contributed by atoms with E-state index in [9.17, 15) is 0 Å². The fourth-order valence-corrected chi connectivity index (χ4v) is 1.94. The highest BCUT2D eigenvalue weighted by Gasteiger charge is 2.18. The molecule has 3 heteroatoms. The summed E-state index contributed by atoms with van der Waals surface area (Å²) in [6, 6.07) is 0. The lowest BCUT2D eigenvalue weighted by Crippen LogP contribution is -2.37. The third-order valence-corrected chi connectivity index (χ3v) is 2.68. The maximum Gasteiger partial charge on any atom is 0.0474 e. The molecule has 0 spiro atoms. The summed E-state index contributed by atoms with van der Waals surface area (Å²) in [5, 5.41) is 9.03. The summed E-state index contributed by atoms with van der Waals surface area (Å²) in [6.07, 6.45) is 3.53. The molecule has 0 amide bonds. The van der Waals surface area contributed by atoms with Gasteiger partial charge in [-0.2, -0.15) is 0 Å². The van der Waals surface area contributed by atoms with E-state index in [0.29, 0.717) is 12.5 Å². The van der Waals surface area contributed by atoms with Crippen molar-refractivity contribution in [2.24, 2.45) is 5.92 Å². The molecule has 0 radical (unpaired) electrons. The third-order valence-electron chi connectivity index (χ3n) is 2.68. The Kier molecular flexibility index (Phi) is 5.35. The lowest BCUT2D eigenvalue weighted by atomic mass is 9.99. The van der Waals surface area contributed by atoms with Crippen molar-refractivity contribution in [1.82, 2.24) is 4.90 Å². The smallest absolute Gasteiger partial charge is 0.0474 e. The second-order valence-corrected chi connectivity index (χ2v) is 3.84. The molecule has 0 aliphatic carbocycles. The molecule has 3 nitrogen and oxygen atoms in total. The number of ether oxygens (including phenoxy) is 1. The molecule has 1 aliphatic heterocycles. The number of piperidine rings is 1. The quantitative estimate of drug-likeness (QED) is 0.644. The number of aliphatic hydroxyl groups is 1. The Balaban J connectivity index is 2.11. The zero-order valence-corrected chi connectivity index (χ0v) is 8.54. The first-order chi connectivity index (χ1) is 6.36. The van der Waals surface area contributed by atoms with E-state index in [2.05, 4.69) is 4.90 Å². The van der Waals surface area contributed by atoms with Crippen molar-refractivity contribution < 1.29 is 9.84 Å². The Morgan fingerprint density at radius 2 is 2.38 bits per heavy atom. The van der Waals surface area contributed by atoms with Crippen molar-refractivity contribution in [3.05, 3.63) is 0 Å². The van der Waals surface area contributed by atoms with Crippen LogP contribution in [0.3, 0.4) is 0 Å². The number of nitrogens with zero attached hydrogens (tertiary/aromatic N) is 1. The minimum Gasteiger partial charge on any atom is -0.396 e. The lowest BCUT2D eigenvalue weighted by molar-refractivity contribution is 0.108. The van der Waals surface area contributed by atoms with Crippen molar-refractivity contribution in [2.45, 2.75) is 19.3 Å². The SMILES string of the molecule is COCCCN1CCC[C@@H](CO)C1. The van der Waals surface area contributed by atoms with Crippen LogP contribution in [-0.2, 0) is 4.74 Å². The van der Waals surface area contributed by atoms with E-state index < -0.39 is 0 Å². The molecule has 1 fully saturated rings. The van der Waals surface area contributed by atoms with Crippen LogP contribution in [0.15, 0.2) is 0 Å².